The van der Waals surface area contributed by atoms with Crippen molar-refractivity contribution in [2.24, 2.45) is 0 Å². The van der Waals surface area contributed by atoms with Crippen molar-refractivity contribution < 1.29 is 27.1 Å². The Balaban J connectivity index is 1.59. The number of benzene rings is 3. The van der Waals surface area contributed by atoms with Gasteiger partial charge < -0.3 is 15.4 Å². The molecule has 0 heterocycles. The third kappa shape index (κ3) is 6.93. The Morgan fingerprint density at radius 3 is 2.03 bits per heavy atom. The lowest BCUT2D eigenvalue weighted by atomic mass is 10.3. The number of carbonyl (C=O) groups is 2. The van der Waals surface area contributed by atoms with Crippen molar-refractivity contribution in [3.8, 4) is 11.5 Å². The highest BCUT2D eigenvalue weighted by atomic mass is 32.2. The molecule has 0 aromatic heterocycles. The standard InChI is InChI=1S/C22H19FN2O5S/c23-16-10-12-17(13-11-16)24-21(26)14-31(28,29)15-22(27)25-19-8-4-5-9-20(19)30-18-6-2-1-3-7-18/h1-13H,14-15H2,(H,24,26)(H,25,27). The summed E-state index contributed by atoms with van der Waals surface area (Å²) in [5.41, 5.74) is 0.542. The van der Waals surface area contributed by atoms with E-state index in [1.165, 1.54) is 12.1 Å². The Kier molecular flexibility index (Phi) is 6.99. The molecule has 31 heavy (non-hydrogen) atoms. The maximum absolute atomic E-state index is 12.9. The second-order valence-electron chi connectivity index (χ2n) is 6.55. The van der Waals surface area contributed by atoms with Crippen molar-refractivity contribution in [1.82, 2.24) is 0 Å². The number of hydrogen-bond acceptors (Lipinski definition) is 5. The molecule has 7 nitrogen and oxygen atoms in total. The zero-order valence-electron chi connectivity index (χ0n) is 16.2. The number of nitrogens with one attached hydrogen (secondary N) is 2. The maximum Gasteiger partial charge on any atom is 0.239 e. The molecule has 9 heteroatoms. The van der Waals surface area contributed by atoms with E-state index in [1.807, 2.05) is 6.07 Å². The van der Waals surface area contributed by atoms with Gasteiger partial charge in [-0.25, -0.2) is 12.8 Å². The van der Waals surface area contributed by atoms with Gasteiger partial charge in [0.2, 0.25) is 11.8 Å². The summed E-state index contributed by atoms with van der Waals surface area (Å²) in [6, 6.07) is 20.3. The van der Waals surface area contributed by atoms with Gasteiger partial charge >= 0.3 is 0 Å². The molecule has 2 amide bonds. The van der Waals surface area contributed by atoms with Crippen molar-refractivity contribution in [3.05, 3.63) is 84.7 Å². The van der Waals surface area contributed by atoms with Gasteiger partial charge in [-0.15, -0.1) is 0 Å². The van der Waals surface area contributed by atoms with Crippen LogP contribution in [-0.4, -0.2) is 31.7 Å². The highest BCUT2D eigenvalue weighted by molar-refractivity contribution is 7.92. The molecule has 0 aliphatic carbocycles. The van der Waals surface area contributed by atoms with E-state index in [0.717, 1.165) is 12.1 Å². The lowest BCUT2D eigenvalue weighted by molar-refractivity contribution is -0.114. The van der Waals surface area contributed by atoms with Crippen LogP contribution in [0.4, 0.5) is 15.8 Å². The van der Waals surface area contributed by atoms with Crippen LogP contribution in [0.15, 0.2) is 78.9 Å². The first-order chi connectivity index (χ1) is 14.8. The number of rotatable bonds is 8. The number of carbonyl (C=O) groups excluding carboxylic acids is 2. The lowest BCUT2D eigenvalue weighted by Gasteiger charge is -2.12. The van der Waals surface area contributed by atoms with E-state index < -0.39 is 39.0 Å². The average Bonchev–Trinajstić information content (AvgIpc) is 2.71. The van der Waals surface area contributed by atoms with Crippen molar-refractivity contribution >= 4 is 33.0 Å². The molecule has 0 bridgehead atoms. The van der Waals surface area contributed by atoms with Crippen LogP contribution in [0.5, 0.6) is 11.5 Å². The van der Waals surface area contributed by atoms with Crippen LogP contribution in [0, 0.1) is 5.82 Å². The number of hydrogen-bond donors (Lipinski definition) is 2. The zero-order chi connectivity index (χ0) is 22.3. The number of para-hydroxylation sites is 3. The molecule has 2 N–H and O–H groups in total. The van der Waals surface area contributed by atoms with Crippen LogP contribution in [0.3, 0.4) is 0 Å². The van der Waals surface area contributed by atoms with Crippen LogP contribution in [0.2, 0.25) is 0 Å². The predicted molar refractivity (Wildman–Crippen MR) is 115 cm³/mol. The van der Waals surface area contributed by atoms with Gasteiger partial charge in [-0.1, -0.05) is 30.3 Å². The molecule has 3 rings (SSSR count). The van der Waals surface area contributed by atoms with Gasteiger partial charge in [0, 0.05) is 5.69 Å². The molecule has 0 aliphatic rings. The van der Waals surface area contributed by atoms with Crippen molar-refractivity contribution in [3.63, 3.8) is 0 Å². The summed E-state index contributed by atoms with van der Waals surface area (Å²) in [5, 5.41) is 4.85. The smallest absolute Gasteiger partial charge is 0.239 e. The Hall–Kier alpha value is -3.72. The SMILES string of the molecule is O=C(CS(=O)(=O)CC(=O)Nc1ccccc1Oc1ccccc1)Nc1ccc(F)cc1. The molecule has 3 aromatic carbocycles. The normalized spacial score (nSPS) is 10.9. The van der Waals surface area contributed by atoms with Crippen LogP contribution >= 0.6 is 0 Å². The van der Waals surface area contributed by atoms with Gasteiger partial charge in [-0.05, 0) is 48.5 Å². The fourth-order valence-corrected chi connectivity index (χ4v) is 3.69. The number of ether oxygens (including phenoxy) is 1. The Morgan fingerprint density at radius 1 is 0.774 bits per heavy atom. The fraction of sp³-hybridized carbons (Fsp3) is 0.0909. The topological polar surface area (TPSA) is 102 Å². The summed E-state index contributed by atoms with van der Waals surface area (Å²) in [6.45, 7) is 0. The summed E-state index contributed by atoms with van der Waals surface area (Å²) in [7, 11) is -4.04. The van der Waals surface area contributed by atoms with Crippen molar-refractivity contribution in [2.75, 3.05) is 22.1 Å². The summed E-state index contributed by atoms with van der Waals surface area (Å²) >= 11 is 0. The minimum absolute atomic E-state index is 0.248. The molecule has 0 radical (unpaired) electrons. The first-order valence-corrected chi connectivity index (χ1v) is 11.0. The van der Waals surface area contributed by atoms with E-state index in [4.69, 9.17) is 4.74 Å². The Bertz CT molecular complexity index is 1170. The van der Waals surface area contributed by atoms with Crippen molar-refractivity contribution in [2.45, 2.75) is 0 Å². The molecule has 0 saturated heterocycles. The van der Waals surface area contributed by atoms with E-state index in [-0.39, 0.29) is 5.69 Å². The Morgan fingerprint density at radius 2 is 1.35 bits per heavy atom. The van der Waals surface area contributed by atoms with Gasteiger partial charge in [0.25, 0.3) is 0 Å². The fourth-order valence-electron chi connectivity index (χ4n) is 2.64. The molecule has 0 aliphatic heterocycles. The third-order valence-electron chi connectivity index (χ3n) is 3.96. The van der Waals surface area contributed by atoms with E-state index in [2.05, 4.69) is 10.6 Å². The first kappa shape index (κ1) is 22.0. The summed E-state index contributed by atoms with van der Waals surface area (Å²) < 4.78 is 43.1. The molecular weight excluding hydrogens is 423 g/mol. The van der Waals surface area contributed by atoms with Gasteiger partial charge in [0.1, 0.15) is 23.1 Å². The molecule has 3 aromatic rings. The van der Waals surface area contributed by atoms with E-state index >= 15 is 0 Å². The minimum Gasteiger partial charge on any atom is -0.455 e. The second kappa shape index (κ2) is 9.86. The number of sulfone groups is 1. The van der Waals surface area contributed by atoms with E-state index in [1.54, 1.807) is 48.5 Å². The van der Waals surface area contributed by atoms with E-state index in [0.29, 0.717) is 17.2 Å². The Labute approximate surface area is 178 Å². The molecule has 0 atom stereocenters. The number of anilines is 2. The van der Waals surface area contributed by atoms with Crippen LogP contribution < -0.4 is 15.4 Å². The van der Waals surface area contributed by atoms with Gasteiger partial charge in [-0.3, -0.25) is 9.59 Å². The van der Waals surface area contributed by atoms with Crippen LogP contribution in [0.25, 0.3) is 0 Å². The maximum atomic E-state index is 12.9. The first-order valence-electron chi connectivity index (χ1n) is 9.18. The quantitative estimate of drug-likeness (QED) is 0.555. The molecule has 0 saturated carbocycles. The summed E-state index contributed by atoms with van der Waals surface area (Å²) in [4.78, 5) is 24.3. The minimum atomic E-state index is -4.04. The highest BCUT2D eigenvalue weighted by Crippen LogP contribution is 2.29. The highest BCUT2D eigenvalue weighted by Gasteiger charge is 2.22. The third-order valence-corrected chi connectivity index (χ3v) is 5.37. The zero-order valence-corrected chi connectivity index (χ0v) is 17.1. The van der Waals surface area contributed by atoms with Gasteiger partial charge in [0.05, 0.1) is 5.69 Å². The van der Waals surface area contributed by atoms with Gasteiger partial charge in [0.15, 0.2) is 15.6 Å². The van der Waals surface area contributed by atoms with Crippen LogP contribution in [-0.2, 0) is 19.4 Å². The molecule has 0 fully saturated rings. The second-order valence-corrected chi connectivity index (χ2v) is 8.61. The lowest BCUT2D eigenvalue weighted by Crippen LogP contribution is -2.30. The molecule has 0 unspecified atom stereocenters. The monoisotopic (exact) mass is 442 g/mol. The largest absolute Gasteiger partial charge is 0.455 e. The van der Waals surface area contributed by atoms with Gasteiger partial charge in [-0.2, -0.15) is 0 Å². The molecular formula is C22H19FN2O5S. The molecule has 0 spiro atoms. The molecule has 160 valence electrons. The van der Waals surface area contributed by atoms with E-state index in [9.17, 15) is 22.4 Å². The number of halogens is 1. The summed E-state index contributed by atoms with van der Waals surface area (Å²) in [6.07, 6.45) is 0. The summed E-state index contributed by atoms with van der Waals surface area (Å²) in [5.74, 6) is -3.00. The predicted octanol–water partition coefficient (Wildman–Crippen LogP) is 3.61. The average molecular weight is 442 g/mol. The van der Waals surface area contributed by atoms with Crippen molar-refractivity contribution in [1.29, 1.82) is 0 Å². The van der Waals surface area contributed by atoms with Crippen LogP contribution in [0.1, 0.15) is 0 Å². The number of amides is 2.